The molecule has 4 rings (SSSR count). The van der Waals surface area contributed by atoms with E-state index in [0.717, 1.165) is 36.8 Å². The van der Waals surface area contributed by atoms with Crippen LogP contribution in [0.25, 0.3) is 21.5 Å². The van der Waals surface area contributed by atoms with Crippen LogP contribution < -0.4 is 5.73 Å². The van der Waals surface area contributed by atoms with E-state index in [1.165, 1.54) is 28.0 Å². The minimum Gasteiger partial charge on any atom is -0.330 e. The van der Waals surface area contributed by atoms with Crippen molar-refractivity contribution in [3.63, 3.8) is 0 Å². The van der Waals surface area contributed by atoms with Crippen molar-refractivity contribution >= 4 is 34.0 Å². The summed E-state index contributed by atoms with van der Waals surface area (Å²) in [5, 5.41) is 3.63. The van der Waals surface area contributed by atoms with Gasteiger partial charge in [0.25, 0.3) is 0 Å². The summed E-state index contributed by atoms with van der Waals surface area (Å²) in [6, 6.07) is 2.73. The zero-order valence-electron chi connectivity index (χ0n) is 17.8. The first kappa shape index (κ1) is 22.0. The summed E-state index contributed by atoms with van der Waals surface area (Å²) in [6.45, 7) is 9.03. The first-order chi connectivity index (χ1) is 14.1. The third kappa shape index (κ3) is 4.73. The van der Waals surface area contributed by atoms with Crippen LogP contribution in [0.4, 0.5) is 0 Å². The lowest BCUT2D eigenvalue weighted by molar-refractivity contribution is 0.490. The van der Waals surface area contributed by atoms with Crippen molar-refractivity contribution in [3.05, 3.63) is 46.3 Å². The van der Waals surface area contributed by atoms with Crippen LogP contribution in [0.3, 0.4) is 0 Å². The minimum atomic E-state index is 0.303. The van der Waals surface area contributed by atoms with Gasteiger partial charge in [-0.15, -0.1) is 11.3 Å². The predicted molar refractivity (Wildman–Crippen MR) is 126 cm³/mol. The molecular weight excluding hydrogens is 400 g/mol. The van der Waals surface area contributed by atoms with Gasteiger partial charge in [0.05, 0.1) is 0 Å². The monoisotopic (exact) mass is 430 g/mol. The maximum Gasteiger partial charge on any atom is 0.224 e. The van der Waals surface area contributed by atoms with Crippen molar-refractivity contribution < 1.29 is 0 Å². The van der Waals surface area contributed by atoms with Crippen LogP contribution in [0.1, 0.15) is 58.6 Å². The number of nitrogens with zero attached hydrogens (tertiary/aromatic N) is 3. The number of halogens is 1. The SMILES string of the molecule is C/C=C(\C)Cc1csc(-c2cn([C@H]3CC[C@@H](CN)C3)c3nc(Cl)ncc23)c1.CC. The smallest absolute Gasteiger partial charge is 0.224 e. The molecule has 0 radical (unpaired) electrons. The molecule has 3 heterocycles. The number of nitrogens with two attached hydrogens (primary N) is 1. The molecule has 3 aromatic heterocycles. The highest BCUT2D eigenvalue weighted by Gasteiger charge is 2.27. The summed E-state index contributed by atoms with van der Waals surface area (Å²) < 4.78 is 2.31. The fourth-order valence-corrected chi connectivity index (χ4v) is 5.10. The van der Waals surface area contributed by atoms with Crippen molar-refractivity contribution in [2.45, 2.75) is 59.4 Å². The lowest BCUT2D eigenvalue weighted by atomic mass is 10.1. The van der Waals surface area contributed by atoms with Gasteiger partial charge in [-0.25, -0.2) is 4.98 Å². The van der Waals surface area contributed by atoms with Gasteiger partial charge in [-0.05, 0) is 80.6 Å². The Bertz CT molecular complexity index is 988. The molecule has 0 aliphatic heterocycles. The zero-order valence-corrected chi connectivity index (χ0v) is 19.4. The molecule has 4 nitrogen and oxygen atoms in total. The molecule has 1 fully saturated rings. The third-order valence-corrected chi connectivity index (χ3v) is 6.87. The maximum absolute atomic E-state index is 6.13. The average molecular weight is 431 g/mol. The molecule has 3 aromatic rings. The number of thiophene rings is 1. The van der Waals surface area contributed by atoms with Gasteiger partial charge in [0, 0.05) is 34.3 Å². The Morgan fingerprint density at radius 1 is 1.38 bits per heavy atom. The first-order valence-electron chi connectivity index (χ1n) is 10.5. The van der Waals surface area contributed by atoms with E-state index >= 15 is 0 Å². The largest absolute Gasteiger partial charge is 0.330 e. The Morgan fingerprint density at radius 3 is 2.86 bits per heavy atom. The number of rotatable bonds is 5. The van der Waals surface area contributed by atoms with Crippen LogP contribution in [-0.4, -0.2) is 21.1 Å². The van der Waals surface area contributed by atoms with Gasteiger partial charge in [0.1, 0.15) is 5.65 Å². The number of hydrogen-bond acceptors (Lipinski definition) is 4. The molecule has 1 aliphatic carbocycles. The first-order valence-corrected chi connectivity index (χ1v) is 11.8. The second kappa shape index (κ2) is 9.88. The van der Waals surface area contributed by atoms with Gasteiger partial charge >= 0.3 is 0 Å². The highest BCUT2D eigenvalue weighted by molar-refractivity contribution is 7.13. The van der Waals surface area contributed by atoms with Gasteiger partial charge in [-0.3, -0.25) is 0 Å². The van der Waals surface area contributed by atoms with Crippen LogP contribution >= 0.6 is 22.9 Å². The summed E-state index contributed by atoms with van der Waals surface area (Å²) in [5.74, 6) is 0.602. The van der Waals surface area contributed by atoms with E-state index in [4.69, 9.17) is 17.3 Å². The summed E-state index contributed by atoms with van der Waals surface area (Å²) >= 11 is 7.91. The molecule has 0 bridgehead atoms. The van der Waals surface area contributed by atoms with E-state index < -0.39 is 0 Å². The van der Waals surface area contributed by atoms with Crippen molar-refractivity contribution in [1.82, 2.24) is 14.5 Å². The molecule has 2 atom stereocenters. The van der Waals surface area contributed by atoms with Gasteiger partial charge in [0.2, 0.25) is 5.28 Å². The molecule has 1 saturated carbocycles. The van der Waals surface area contributed by atoms with E-state index in [1.807, 2.05) is 20.0 Å². The highest BCUT2D eigenvalue weighted by Crippen LogP contribution is 2.40. The van der Waals surface area contributed by atoms with Crippen LogP contribution in [0.2, 0.25) is 5.28 Å². The maximum atomic E-state index is 6.13. The Kier molecular flexibility index (Phi) is 7.49. The Labute approximate surface area is 182 Å². The standard InChI is InChI=1S/C21H25ClN4S.C2H6/c1-3-13(2)6-15-8-19(27-12-15)18-11-26(16-5-4-14(7-16)9-23)20-17(18)10-24-21(22)25-20;1-2/h3,8,10-12,14,16H,4-7,9,23H2,1-2H3;1-2H3/b13-3+;/t14-,16+;/m1./s1. The molecule has 156 valence electrons. The van der Waals surface area contributed by atoms with E-state index in [0.29, 0.717) is 17.2 Å². The Balaban J connectivity index is 0.00000117. The number of aromatic nitrogens is 3. The van der Waals surface area contributed by atoms with Crippen LogP contribution in [0, 0.1) is 5.92 Å². The zero-order chi connectivity index (χ0) is 21.0. The van der Waals surface area contributed by atoms with Crippen molar-refractivity contribution in [2.24, 2.45) is 11.7 Å². The minimum absolute atomic E-state index is 0.303. The Morgan fingerprint density at radius 2 is 2.17 bits per heavy atom. The second-order valence-electron chi connectivity index (χ2n) is 7.53. The highest BCUT2D eigenvalue weighted by atomic mass is 35.5. The van der Waals surface area contributed by atoms with E-state index in [-0.39, 0.29) is 0 Å². The molecule has 29 heavy (non-hydrogen) atoms. The van der Waals surface area contributed by atoms with E-state index in [2.05, 4.69) is 52.1 Å². The summed E-state index contributed by atoms with van der Waals surface area (Å²) in [4.78, 5) is 10.1. The van der Waals surface area contributed by atoms with Gasteiger partial charge < -0.3 is 10.3 Å². The summed E-state index contributed by atoms with van der Waals surface area (Å²) in [5.41, 5.74) is 10.8. The lowest BCUT2D eigenvalue weighted by Crippen LogP contribution is -2.12. The molecule has 1 aliphatic rings. The summed E-state index contributed by atoms with van der Waals surface area (Å²) in [6.07, 6.45) is 10.7. The third-order valence-electron chi connectivity index (χ3n) is 5.68. The van der Waals surface area contributed by atoms with E-state index in [1.54, 1.807) is 11.3 Å². The van der Waals surface area contributed by atoms with Crippen LogP contribution in [-0.2, 0) is 6.42 Å². The number of allylic oxidation sites excluding steroid dienone is 2. The summed E-state index contributed by atoms with van der Waals surface area (Å²) in [7, 11) is 0. The fraction of sp³-hybridized carbons (Fsp3) is 0.478. The molecule has 6 heteroatoms. The second-order valence-corrected chi connectivity index (χ2v) is 8.78. The molecule has 0 spiro atoms. The van der Waals surface area contributed by atoms with Gasteiger partial charge in [-0.1, -0.05) is 25.5 Å². The van der Waals surface area contributed by atoms with Crippen molar-refractivity contribution in [2.75, 3.05) is 6.54 Å². The molecular formula is C23H31ClN4S. The molecule has 0 unspecified atom stereocenters. The van der Waals surface area contributed by atoms with Crippen molar-refractivity contribution in [1.29, 1.82) is 0 Å². The predicted octanol–water partition coefficient (Wildman–Crippen LogP) is 6.65. The molecule has 0 saturated heterocycles. The topological polar surface area (TPSA) is 56.7 Å². The number of hydrogen-bond donors (Lipinski definition) is 1. The van der Waals surface area contributed by atoms with Crippen LogP contribution in [0.5, 0.6) is 0 Å². The number of fused-ring (bicyclic) bond motifs is 1. The van der Waals surface area contributed by atoms with E-state index in [9.17, 15) is 0 Å². The molecule has 0 aromatic carbocycles. The molecule has 2 N–H and O–H groups in total. The normalized spacial score (nSPS) is 19.4. The Hall–Kier alpha value is -1.69. The van der Waals surface area contributed by atoms with Crippen LogP contribution in [0.15, 0.2) is 35.5 Å². The average Bonchev–Trinajstić information content (AvgIpc) is 3.47. The fourth-order valence-electron chi connectivity index (χ4n) is 4.03. The lowest BCUT2D eigenvalue weighted by Gasteiger charge is -2.13. The quantitative estimate of drug-likeness (QED) is 0.364. The van der Waals surface area contributed by atoms with Crippen molar-refractivity contribution in [3.8, 4) is 10.4 Å². The molecule has 0 amide bonds. The van der Waals surface area contributed by atoms with Gasteiger partial charge in [-0.2, -0.15) is 4.98 Å². The van der Waals surface area contributed by atoms with Gasteiger partial charge in [0.15, 0.2) is 0 Å².